The summed E-state index contributed by atoms with van der Waals surface area (Å²) in [5.74, 6) is 1.04. The van der Waals surface area contributed by atoms with Crippen molar-refractivity contribution < 1.29 is 4.92 Å². The zero-order valence-corrected chi connectivity index (χ0v) is 11.2. The highest BCUT2D eigenvalue weighted by Gasteiger charge is 2.23. The van der Waals surface area contributed by atoms with Gasteiger partial charge in [0.15, 0.2) is 0 Å². The van der Waals surface area contributed by atoms with E-state index in [0.717, 1.165) is 32.4 Å². The number of aromatic nitrogens is 1. The van der Waals surface area contributed by atoms with Crippen LogP contribution in [0.3, 0.4) is 0 Å². The third-order valence-corrected chi connectivity index (χ3v) is 3.58. The van der Waals surface area contributed by atoms with E-state index in [1.807, 2.05) is 11.0 Å². The minimum atomic E-state index is -0.537. The van der Waals surface area contributed by atoms with E-state index in [4.69, 9.17) is 11.0 Å². The van der Waals surface area contributed by atoms with E-state index in [2.05, 4.69) is 4.98 Å². The highest BCUT2D eigenvalue weighted by molar-refractivity contribution is 5.57. The largest absolute Gasteiger partial charge is 0.355 e. The molecule has 106 valence electrons. The summed E-state index contributed by atoms with van der Waals surface area (Å²) in [6.07, 6.45) is 4.31. The number of pyridine rings is 1. The van der Waals surface area contributed by atoms with Crippen LogP contribution in [0, 0.1) is 27.4 Å². The second kappa shape index (κ2) is 6.30. The lowest BCUT2D eigenvalue weighted by Gasteiger charge is -2.33. The molecule has 1 aliphatic rings. The fourth-order valence-electron chi connectivity index (χ4n) is 2.61. The fourth-order valence-corrected chi connectivity index (χ4v) is 2.61. The zero-order valence-electron chi connectivity index (χ0n) is 11.2. The van der Waals surface area contributed by atoms with Crippen molar-refractivity contribution in [2.45, 2.75) is 19.3 Å². The number of rotatable bonds is 4. The molecule has 1 aliphatic heterocycles. The van der Waals surface area contributed by atoms with Gasteiger partial charge >= 0.3 is 0 Å². The number of piperidine rings is 1. The summed E-state index contributed by atoms with van der Waals surface area (Å²) in [5, 5.41) is 19.9. The van der Waals surface area contributed by atoms with Crippen LogP contribution in [0.5, 0.6) is 0 Å². The summed E-state index contributed by atoms with van der Waals surface area (Å²) in [4.78, 5) is 16.3. The average molecular weight is 275 g/mol. The van der Waals surface area contributed by atoms with E-state index in [0.29, 0.717) is 18.3 Å². The standard InChI is InChI=1S/C13H17N5O2/c14-4-3-10-2-1-5-17(9-10)13-11(7-15)6-12(8-16-13)18(19)20/h6,8,10H,1-5,9,14H2. The lowest BCUT2D eigenvalue weighted by Crippen LogP contribution is -2.37. The molecule has 1 atom stereocenters. The molecule has 1 fully saturated rings. The van der Waals surface area contributed by atoms with Gasteiger partial charge in [0, 0.05) is 19.2 Å². The number of nitro groups is 1. The zero-order chi connectivity index (χ0) is 14.5. The van der Waals surface area contributed by atoms with Gasteiger partial charge in [-0.05, 0) is 31.7 Å². The molecule has 0 bridgehead atoms. The minimum Gasteiger partial charge on any atom is -0.355 e. The Bertz CT molecular complexity index is 538. The Hall–Kier alpha value is -2.20. The van der Waals surface area contributed by atoms with Crippen LogP contribution in [0.15, 0.2) is 12.3 Å². The van der Waals surface area contributed by atoms with E-state index in [1.165, 1.54) is 12.3 Å². The Kier molecular flexibility index (Phi) is 4.48. The maximum Gasteiger partial charge on any atom is 0.289 e. The second-order valence-electron chi connectivity index (χ2n) is 4.97. The van der Waals surface area contributed by atoms with Crippen LogP contribution in [-0.2, 0) is 0 Å². The van der Waals surface area contributed by atoms with Crippen LogP contribution in [-0.4, -0.2) is 29.5 Å². The Balaban J connectivity index is 2.23. The van der Waals surface area contributed by atoms with Crippen molar-refractivity contribution in [1.82, 2.24) is 4.98 Å². The van der Waals surface area contributed by atoms with Crippen LogP contribution < -0.4 is 10.6 Å². The van der Waals surface area contributed by atoms with Gasteiger partial charge in [-0.25, -0.2) is 4.98 Å². The molecule has 0 amide bonds. The highest BCUT2D eigenvalue weighted by atomic mass is 16.6. The van der Waals surface area contributed by atoms with Crippen LogP contribution >= 0.6 is 0 Å². The second-order valence-corrected chi connectivity index (χ2v) is 4.97. The molecule has 1 saturated heterocycles. The van der Waals surface area contributed by atoms with Gasteiger partial charge in [0.25, 0.3) is 5.69 Å². The number of nitrogens with zero attached hydrogens (tertiary/aromatic N) is 4. The first-order valence-corrected chi connectivity index (χ1v) is 6.65. The topological polar surface area (TPSA) is 109 Å². The summed E-state index contributed by atoms with van der Waals surface area (Å²) in [7, 11) is 0. The van der Waals surface area contributed by atoms with Crippen LogP contribution in [0.2, 0.25) is 0 Å². The maximum absolute atomic E-state index is 10.7. The molecule has 2 N–H and O–H groups in total. The van der Waals surface area contributed by atoms with E-state index in [9.17, 15) is 10.1 Å². The van der Waals surface area contributed by atoms with E-state index < -0.39 is 4.92 Å². The van der Waals surface area contributed by atoms with E-state index in [1.54, 1.807) is 0 Å². The quantitative estimate of drug-likeness (QED) is 0.657. The Morgan fingerprint density at radius 2 is 2.45 bits per heavy atom. The van der Waals surface area contributed by atoms with Gasteiger partial charge in [-0.15, -0.1) is 0 Å². The van der Waals surface area contributed by atoms with E-state index in [-0.39, 0.29) is 11.3 Å². The third kappa shape index (κ3) is 3.03. The minimum absolute atomic E-state index is 0.152. The van der Waals surface area contributed by atoms with Gasteiger partial charge in [0.1, 0.15) is 23.6 Å². The van der Waals surface area contributed by atoms with Crippen LogP contribution in [0.1, 0.15) is 24.8 Å². The summed E-state index contributed by atoms with van der Waals surface area (Å²) < 4.78 is 0. The fraction of sp³-hybridized carbons (Fsp3) is 0.538. The summed E-state index contributed by atoms with van der Waals surface area (Å²) >= 11 is 0. The molecular weight excluding hydrogens is 258 g/mol. The summed E-state index contributed by atoms with van der Waals surface area (Å²) in [6.45, 7) is 2.27. The van der Waals surface area contributed by atoms with Gasteiger partial charge in [-0.2, -0.15) is 5.26 Å². The first-order chi connectivity index (χ1) is 9.65. The normalized spacial score (nSPS) is 18.6. The Morgan fingerprint density at radius 1 is 1.65 bits per heavy atom. The lowest BCUT2D eigenvalue weighted by molar-refractivity contribution is -0.385. The maximum atomic E-state index is 10.7. The number of hydrogen-bond acceptors (Lipinski definition) is 6. The monoisotopic (exact) mass is 275 g/mol. The van der Waals surface area contributed by atoms with Crippen molar-refractivity contribution in [1.29, 1.82) is 5.26 Å². The van der Waals surface area contributed by atoms with Gasteiger partial charge in [0.2, 0.25) is 0 Å². The molecule has 1 aromatic heterocycles. The number of nitrogens with two attached hydrogens (primary N) is 1. The van der Waals surface area contributed by atoms with Crippen molar-refractivity contribution in [3.63, 3.8) is 0 Å². The Labute approximate surface area is 117 Å². The molecule has 7 heteroatoms. The molecule has 2 heterocycles. The first-order valence-electron chi connectivity index (χ1n) is 6.65. The van der Waals surface area contributed by atoms with Crippen molar-refractivity contribution in [3.05, 3.63) is 27.9 Å². The molecule has 1 aromatic rings. The van der Waals surface area contributed by atoms with E-state index >= 15 is 0 Å². The predicted molar refractivity (Wildman–Crippen MR) is 74.2 cm³/mol. The molecule has 0 saturated carbocycles. The Morgan fingerprint density at radius 3 is 3.10 bits per heavy atom. The van der Waals surface area contributed by atoms with Gasteiger partial charge in [-0.1, -0.05) is 0 Å². The lowest BCUT2D eigenvalue weighted by atomic mass is 9.94. The molecule has 0 aliphatic carbocycles. The predicted octanol–water partition coefficient (Wildman–Crippen LogP) is 1.43. The first kappa shape index (κ1) is 14.2. The van der Waals surface area contributed by atoms with Crippen molar-refractivity contribution in [2.75, 3.05) is 24.5 Å². The van der Waals surface area contributed by atoms with Gasteiger partial charge in [-0.3, -0.25) is 10.1 Å². The highest BCUT2D eigenvalue weighted by Crippen LogP contribution is 2.27. The third-order valence-electron chi connectivity index (χ3n) is 3.58. The smallest absolute Gasteiger partial charge is 0.289 e. The molecule has 0 aromatic carbocycles. The van der Waals surface area contributed by atoms with Crippen LogP contribution in [0.25, 0.3) is 0 Å². The van der Waals surface area contributed by atoms with Gasteiger partial charge in [0.05, 0.1) is 4.92 Å². The number of nitriles is 1. The molecule has 0 spiro atoms. The number of anilines is 1. The molecule has 7 nitrogen and oxygen atoms in total. The molecular formula is C13H17N5O2. The molecule has 0 radical (unpaired) electrons. The van der Waals surface area contributed by atoms with Crippen molar-refractivity contribution in [3.8, 4) is 6.07 Å². The SMILES string of the molecule is N#Cc1cc([N+](=O)[O-])cnc1N1CCCC(CCN)C1. The molecule has 20 heavy (non-hydrogen) atoms. The van der Waals surface area contributed by atoms with Crippen molar-refractivity contribution >= 4 is 11.5 Å². The summed E-state index contributed by atoms with van der Waals surface area (Å²) in [6, 6.07) is 3.29. The molecule has 1 unspecified atom stereocenters. The number of hydrogen-bond donors (Lipinski definition) is 1. The van der Waals surface area contributed by atoms with Crippen molar-refractivity contribution in [2.24, 2.45) is 11.7 Å². The van der Waals surface area contributed by atoms with Gasteiger partial charge < -0.3 is 10.6 Å². The summed E-state index contributed by atoms with van der Waals surface area (Å²) in [5.41, 5.74) is 5.70. The molecule has 2 rings (SSSR count). The average Bonchev–Trinajstić information content (AvgIpc) is 2.47. The van der Waals surface area contributed by atoms with Crippen LogP contribution in [0.4, 0.5) is 11.5 Å².